The Labute approximate surface area is 202 Å². The molecule has 0 bridgehead atoms. The van der Waals surface area contributed by atoms with E-state index in [-0.39, 0.29) is 23.7 Å². The van der Waals surface area contributed by atoms with Gasteiger partial charge in [0, 0.05) is 31.1 Å². The molecule has 0 atom stereocenters. The minimum Gasteiger partial charge on any atom is -0.370 e. The number of aromatic nitrogens is 1. The number of rotatable bonds is 5. The van der Waals surface area contributed by atoms with Crippen LogP contribution in [0, 0.1) is 11.6 Å². The molecule has 2 aromatic carbocycles. The lowest BCUT2D eigenvalue weighted by molar-refractivity contribution is -0.127. The van der Waals surface area contributed by atoms with Crippen LogP contribution in [0.5, 0.6) is 0 Å². The lowest BCUT2D eigenvalue weighted by Gasteiger charge is -2.25. The van der Waals surface area contributed by atoms with Gasteiger partial charge in [-0.15, -0.1) is 0 Å². The van der Waals surface area contributed by atoms with Crippen molar-refractivity contribution in [2.45, 2.75) is 37.7 Å². The monoisotopic (exact) mass is 476 g/mol. The van der Waals surface area contributed by atoms with Crippen molar-refractivity contribution in [2.75, 3.05) is 20.2 Å². The number of fused-ring (bicyclic) bond motifs is 1. The molecule has 2 heterocycles. The predicted molar refractivity (Wildman–Crippen MR) is 129 cm³/mol. The maximum atomic E-state index is 15.1. The van der Waals surface area contributed by atoms with Crippen LogP contribution < -0.4 is 0 Å². The lowest BCUT2D eigenvalue weighted by Crippen LogP contribution is -2.35. The summed E-state index contributed by atoms with van der Waals surface area (Å²) in [5.41, 5.74) is 1.65. The summed E-state index contributed by atoms with van der Waals surface area (Å²) in [4.78, 5) is 32.1. The number of halogens is 2. The highest BCUT2D eigenvalue weighted by atomic mass is 19.1. The molecule has 1 fully saturated rings. The molecule has 0 spiro atoms. The van der Waals surface area contributed by atoms with Crippen molar-refractivity contribution in [1.82, 2.24) is 9.88 Å². The van der Waals surface area contributed by atoms with Crippen LogP contribution >= 0.6 is 0 Å². The molecule has 180 valence electrons. The van der Waals surface area contributed by atoms with Crippen molar-refractivity contribution in [3.63, 3.8) is 0 Å². The number of hydrogen-bond donors (Lipinski definition) is 0. The average Bonchev–Trinajstić information content (AvgIpc) is 3.64. The van der Waals surface area contributed by atoms with Crippen LogP contribution in [0.1, 0.15) is 42.5 Å². The summed E-state index contributed by atoms with van der Waals surface area (Å²) in [6.45, 7) is 0.750. The van der Waals surface area contributed by atoms with E-state index in [2.05, 4.69) is 4.98 Å². The number of carbonyl (C=O) groups is 2. The minimum absolute atomic E-state index is 0.00968. The lowest BCUT2D eigenvalue weighted by atomic mass is 9.97. The van der Waals surface area contributed by atoms with E-state index in [0.29, 0.717) is 40.7 Å². The Bertz CT molecular complexity index is 1350. The van der Waals surface area contributed by atoms with Crippen molar-refractivity contribution in [3.05, 3.63) is 77.4 Å². The molecule has 35 heavy (non-hydrogen) atoms. The van der Waals surface area contributed by atoms with Crippen LogP contribution in [0.3, 0.4) is 0 Å². The maximum absolute atomic E-state index is 15.1. The summed E-state index contributed by atoms with van der Waals surface area (Å²) in [7, 11) is 1.56. The Balaban J connectivity index is 1.36. The number of ether oxygens (including phenoxy) is 1. The number of benzene rings is 2. The fourth-order valence-electron chi connectivity index (χ4n) is 4.63. The van der Waals surface area contributed by atoms with E-state index in [1.54, 1.807) is 42.4 Å². The summed E-state index contributed by atoms with van der Waals surface area (Å²) >= 11 is 0. The summed E-state index contributed by atoms with van der Waals surface area (Å²) in [6, 6.07) is 12.2. The average molecular weight is 477 g/mol. The molecule has 0 saturated heterocycles. The molecule has 2 aliphatic rings. The Morgan fingerprint density at radius 1 is 1.03 bits per heavy atom. The van der Waals surface area contributed by atoms with Gasteiger partial charge in [-0.2, -0.15) is 0 Å². The molecule has 1 aliphatic heterocycles. The third-order valence-corrected chi connectivity index (χ3v) is 6.92. The van der Waals surface area contributed by atoms with Gasteiger partial charge in [0.05, 0.1) is 16.8 Å². The normalized spacial score (nSPS) is 18.9. The summed E-state index contributed by atoms with van der Waals surface area (Å²) in [5.74, 6) is -1.38. The number of carbonyl (C=O) groups excluding carboxylic acids is 2. The SMILES string of the molecule is COC1(C(=O)/C2=C/CN(C(=O)c3ccc(-c4ccc5cc(F)ccc5n4)cc3F)CCCC2)CC1. The second kappa shape index (κ2) is 9.30. The van der Waals surface area contributed by atoms with Crippen molar-refractivity contribution in [3.8, 4) is 11.3 Å². The van der Waals surface area contributed by atoms with E-state index >= 15 is 4.39 Å². The van der Waals surface area contributed by atoms with Crippen molar-refractivity contribution >= 4 is 22.6 Å². The quantitative estimate of drug-likeness (QED) is 0.489. The second-order valence-electron chi connectivity index (χ2n) is 9.19. The van der Waals surface area contributed by atoms with Gasteiger partial charge in [0.1, 0.15) is 17.2 Å². The Morgan fingerprint density at radius 3 is 2.60 bits per heavy atom. The Morgan fingerprint density at radius 2 is 1.86 bits per heavy atom. The van der Waals surface area contributed by atoms with E-state index in [1.807, 2.05) is 0 Å². The van der Waals surface area contributed by atoms with E-state index in [4.69, 9.17) is 4.74 Å². The van der Waals surface area contributed by atoms with Crippen LogP contribution in [0.4, 0.5) is 8.78 Å². The van der Waals surface area contributed by atoms with Crippen LogP contribution in [-0.2, 0) is 9.53 Å². The highest BCUT2D eigenvalue weighted by molar-refractivity contribution is 6.04. The first-order valence-corrected chi connectivity index (χ1v) is 11.8. The number of Topliss-reactive ketones (excluding diaryl/α,β-unsaturated/α-hetero) is 1. The molecule has 1 aromatic heterocycles. The van der Waals surface area contributed by atoms with Crippen molar-refractivity contribution < 1.29 is 23.1 Å². The van der Waals surface area contributed by atoms with Gasteiger partial charge < -0.3 is 9.64 Å². The van der Waals surface area contributed by atoms with Gasteiger partial charge in [0.25, 0.3) is 5.91 Å². The van der Waals surface area contributed by atoms with Crippen LogP contribution in [0.2, 0.25) is 0 Å². The number of nitrogens with zero attached hydrogens (tertiary/aromatic N) is 2. The van der Waals surface area contributed by atoms with Gasteiger partial charge in [0.2, 0.25) is 0 Å². The zero-order valence-electron chi connectivity index (χ0n) is 19.5. The minimum atomic E-state index is -0.688. The van der Waals surface area contributed by atoms with E-state index < -0.39 is 17.3 Å². The largest absolute Gasteiger partial charge is 0.370 e. The van der Waals surface area contributed by atoms with E-state index in [0.717, 1.165) is 25.7 Å². The maximum Gasteiger partial charge on any atom is 0.257 e. The Kier molecular flexibility index (Phi) is 6.19. The molecule has 1 amide bonds. The van der Waals surface area contributed by atoms with E-state index in [1.165, 1.54) is 24.3 Å². The zero-order valence-corrected chi connectivity index (χ0v) is 19.5. The van der Waals surface area contributed by atoms with Gasteiger partial charge in [-0.3, -0.25) is 9.59 Å². The van der Waals surface area contributed by atoms with Crippen molar-refractivity contribution in [2.24, 2.45) is 0 Å². The highest BCUT2D eigenvalue weighted by Crippen LogP contribution is 2.42. The fourth-order valence-corrected chi connectivity index (χ4v) is 4.63. The molecule has 3 aromatic rings. The molecule has 5 rings (SSSR count). The number of amides is 1. The third-order valence-electron chi connectivity index (χ3n) is 6.92. The van der Waals surface area contributed by atoms with Gasteiger partial charge >= 0.3 is 0 Å². The zero-order chi connectivity index (χ0) is 24.6. The van der Waals surface area contributed by atoms with Crippen LogP contribution in [0.15, 0.2) is 60.2 Å². The third kappa shape index (κ3) is 4.60. The first-order chi connectivity index (χ1) is 16.9. The first kappa shape index (κ1) is 23.3. The molecule has 5 nitrogen and oxygen atoms in total. The van der Waals surface area contributed by atoms with Crippen LogP contribution in [-0.4, -0.2) is 47.4 Å². The number of methoxy groups -OCH3 is 1. The molecule has 0 unspecified atom stereocenters. The fraction of sp³-hybridized carbons (Fsp3) is 0.321. The van der Waals surface area contributed by atoms with Gasteiger partial charge in [-0.25, -0.2) is 13.8 Å². The van der Waals surface area contributed by atoms with Gasteiger partial charge in [-0.05, 0) is 74.1 Å². The molecule has 0 radical (unpaired) electrons. The molecule has 7 heteroatoms. The molecular weight excluding hydrogens is 450 g/mol. The number of ketones is 1. The summed E-state index contributed by atoms with van der Waals surface area (Å²) in [5, 5.41) is 0.655. The summed E-state index contributed by atoms with van der Waals surface area (Å²) in [6.07, 6.45) is 5.43. The molecular formula is C28H26F2N2O3. The smallest absolute Gasteiger partial charge is 0.257 e. The van der Waals surface area contributed by atoms with Gasteiger partial charge in [-0.1, -0.05) is 18.2 Å². The van der Waals surface area contributed by atoms with Crippen LogP contribution in [0.25, 0.3) is 22.2 Å². The number of hydrogen-bond acceptors (Lipinski definition) is 4. The standard InChI is InChI=1S/C28H26F2N2O3/c1-35-28(12-13-28)26(33)18-4-2-3-14-32(15-11-18)27(34)22-8-5-20(17-23(22)30)24-9-6-19-16-21(29)7-10-25(19)31-24/h5-11,16-17H,2-4,12-15H2,1H3/b18-11+. The predicted octanol–water partition coefficient (Wildman–Crippen LogP) is 5.48. The molecule has 1 aliphatic carbocycles. The van der Waals surface area contributed by atoms with E-state index in [9.17, 15) is 14.0 Å². The molecule has 0 N–H and O–H groups in total. The highest BCUT2D eigenvalue weighted by Gasteiger charge is 2.50. The first-order valence-electron chi connectivity index (χ1n) is 11.8. The Hall–Kier alpha value is -3.45. The van der Waals surface area contributed by atoms with Gasteiger partial charge in [0.15, 0.2) is 5.78 Å². The van der Waals surface area contributed by atoms with Crippen molar-refractivity contribution in [1.29, 1.82) is 0 Å². The summed E-state index contributed by atoms with van der Waals surface area (Å²) < 4.78 is 34.0. The topological polar surface area (TPSA) is 59.5 Å². The second-order valence-corrected chi connectivity index (χ2v) is 9.19. The number of pyridine rings is 1. The molecule has 1 saturated carbocycles.